The van der Waals surface area contributed by atoms with Gasteiger partial charge in [0, 0.05) is 31.9 Å². The van der Waals surface area contributed by atoms with Gasteiger partial charge in [0.15, 0.2) is 0 Å². The van der Waals surface area contributed by atoms with Crippen molar-refractivity contribution in [1.29, 1.82) is 0 Å². The Balaban J connectivity index is 1.66. The van der Waals surface area contributed by atoms with Crippen molar-refractivity contribution in [2.75, 3.05) is 39.5 Å². The molecule has 0 aromatic carbocycles. The van der Waals surface area contributed by atoms with E-state index in [2.05, 4.69) is 16.0 Å². The molecule has 81 valence electrons. The van der Waals surface area contributed by atoms with Crippen molar-refractivity contribution >= 4 is 0 Å². The number of morpholine rings is 1. The third-order valence-corrected chi connectivity index (χ3v) is 2.34. The van der Waals surface area contributed by atoms with Crippen LogP contribution in [0.1, 0.15) is 0 Å². The van der Waals surface area contributed by atoms with Gasteiger partial charge in [0.1, 0.15) is 6.61 Å². The zero-order valence-corrected chi connectivity index (χ0v) is 8.69. The first kappa shape index (κ1) is 10.4. The zero-order chi connectivity index (χ0) is 10.3. The standard InChI is InChI=1S/C11H15N2O2/c1-2-4-12-11(3-1)15-10-7-13-5-8-14-9-6-13/h2-4H,5-10H2. The highest BCUT2D eigenvalue weighted by Gasteiger charge is 2.09. The molecule has 0 unspecified atom stereocenters. The van der Waals surface area contributed by atoms with E-state index >= 15 is 0 Å². The van der Waals surface area contributed by atoms with Crippen molar-refractivity contribution in [1.82, 2.24) is 9.88 Å². The molecule has 1 aromatic heterocycles. The molecular weight excluding hydrogens is 192 g/mol. The second-order valence-corrected chi connectivity index (χ2v) is 3.40. The van der Waals surface area contributed by atoms with Crippen LogP contribution in [0.15, 0.2) is 18.3 Å². The Morgan fingerprint density at radius 1 is 1.47 bits per heavy atom. The van der Waals surface area contributed by atoms with Crippen LogP contribution >= 0.6 is 0 Å². The number of ether oxygens (including phenoxy) is 2. The van der Waals surface area contributed by atoms with E-state index in [4.69, 9.17) is 9.47 Å². The van der Waals surface area contributed by atoms with E-state index in [9.17, 15) is 0 Å². The minimum atomic E-state index is 0.644. The Labute approximate surface area is 89.8 Å². The first-order valence-electron chi connectivity index (χ1n) is 5.20. The quantitative estimate of drug-likeness (QED) is 0.724. The van der Waals surface area contributed by atoms with Crippen molar-refractivity contribution in [2.24, 2.45) is 0 Å². The van der Waals surface area contributed by atoms with Gasteiger partial charge in [-0.3, -0.25) is 4.90 Å². The molecule has 1 fully saturated rings. The van der Waals surface area contributed by atoms with Crippen molar-refractivity contribution in [3.8, 4) is 5.88 Å². The summed E-state index contributed by atoms with van der Waals surface area (Å²) in [4.78, 5) is 6.39. The second-order valence-electron chi connectivity index (χ2n) is 3.40. The fraction of sp³-hybridized carbons (Fsp3) is 0.545. The monoisotopic (exact) mass is 207 g/mol. The number of hydrogen-bond donors (Lipinski definition) is 0. The smallest absolute Gasteiger partial charge is 0.213 e. The van der Waals surface area contributed by atoms with Gasteiger partial charge in [-0.15, -0.1) is 0 Å². The molecule has 4 heteroatoms. The summed E-state index contributed by atoms with van der Waals surface area (Å²) in [5.41, 5.74) is 0. The van der Waals surface area contributed by atoms with Gasteiger partial charge in [0.05, 0.1) is 13.2 Å². The Bertz CT molecular complexity index is 273. The number of hydrogen-bond acceptors (Lipinski definition) is 4. The Morgan fingerprint density at radius 3 is 3.07 bits per heavy atom. The summed E-state index contributed by atoms with van der Waals surface area (Å²) >= 11 is 0. The molecule has 0 bridgehead atoms. The third-order valence-electron chi connectivity index (χ3n) is 2.34. The van der Waals surface area contributed by atoms with Crippen LogP contribution in [-0.4, -0.2) is 49.3 Å². The van der Waals surface area contributed by atoms with E-state index in [-0.39, 0.29) is 0 Å². The first-order chi connectivity index (χ1) is 7.45. The van der Waals surface area contributed by atoms with Crippen LogP contribution in [0.3, 0.4) is 0 Å². The lowest BCUT2D eigenvalue weighted by molar-refractivity contribution is 0.0320. The topological polar surface area (TPSA) is 34.6 Å². The van der Waals surface area contributed by atoms with Crippen LogP contribution in [0, 0.1) is 6.07 Å². The lowest BCUT2D eigenvalue weighted by Crippen LogP contribution is -2.38. The Morgan fingerprint density at radius 2 is 2.33 bits per heavy atom. The minimum Gasteiger partial charge on any atom is -0.476 e. The van der Waals surface area contributed by atoms with Crippen LogP contribution in [0.2, 0.25) is 0 Å². The predicted octanol–water partition coefficient (Wildman–Crippen LogP) is 0.593. The Kier molecular flexibility index (Phi) is 3.93. The molecule has 0 aliphatic carbocycles. The average Bonchev–Trinajstić information content (AvgIpc) is 2.32. The van der Waals surface area contributed by atoms with Crippen LogP contribution < -0.4 is 4.74 Å². The van der Waals surface area contributed by atoms with Gasteiger partial charge >= 0.3 is 0 Å². The maximum Gasteiger partial charge on any atom is 0.213 e. The third kappa shape index (κ3) is 3.49. The highest BCUT2D eigenvalue weighted by Crippen LogP contribution is 2.03. The molecule has 1 saturated heterocycles. The zero-order valence-electron chi connectivity index (χ0n) is 8.69. The molecule has 2 rings (SSSR count). The van der Waals surface area contributed by atoms with E-state index in [1.165, 1.54) is 0 Å². The van der Waals surface area contributed by atoms with Crippen molar-refractivity contribution < 1.29 is 9.47 Å². The molecular formula is C11H15N2O2. The van der Waals surface area contributed by atoms with Crippen LogP contribution in [-0.2, 0) is 4.74 Å². The van der Waals surface area contributed by atoms with Gasteiger partial charge in [0.2, 0.25) is 5.88 Å². The van der Waals surface area contributed by atoms with Gasteiger partial charge in [-0.25, -0.2) is 4.98 Å². The predicted molar refractivity (Wildman–Crippen MR) is 55.8 cm³/mol. The SMILES string of the molecule is [c]1ccnc(OCCN2CCOCC2)c1. The van der Waals surface area contributed by atoms with Crippen LogP contribution in [0.5, 0.6) is 5.88 Å². The first-order valence-corrected chi connectivity index (χ1v) is 5.20. The normalized spacial score (nSPS) is 17.6. The highest BCUT2D eigenvalue weighted by atomic mass is 16.5. The van der Waals surface area contributed by atoms with Gasteiger partial charge in [-0.05, 0) is 12.1 Å². The fourth-order valence-corrected chi connectivity index (χ4v) is 1.49. The molecule has 0 saturated carbocycles. The molecule has 0 atom stereocenters. The number of aromatic nitrogens is 1. The molecule has 15 heavy (non-hydrogen) atoms. The summed E-state index contributed by atoms with van der Waals surface area (Å²) in [5.74, 6) is 0.644. The molecule has 0 N–H and O–H groups in total. The number of nitrogens with zero attached hydrogens (tertiary/aromatic N) is 2. The van der Waals surface area contributed by atoms with E-state index < -0.39 is 0 Å². The van der Waals surface area contributed by atoms with E-state index in [0.717, 1.165) is 32.8 Å². The minimum absolute atomic E-state index is 0.644. The molecule has 4 nitrogen and oxygen atoms in total. The summed E-state index contributed by atoms with van der Waals surface area (Å²) in [6.45, 7) is 5.26. The van der Waals surface area contributed by atoms with Gasteiger partial charge < -0.3 is 9.47 Å². The average molecular weight is 207 g/mol. The van der Waals surface area contributed by atoms with E-state index in [0.29, 0.717) is 12.5 Å². The van der Waals surface area contributed by atoms with Gasteiger partial charge in [0.25, 0.3) is 0 Å². The summed E-state index contributed by atoms with van der Waals surface area (Å²) in [6, 6.07) is 6.44. The van der Waals surface area contributed by atoms with Crippen molar-refractivity contribution in [3.05, 3.63) is 24.4 Å². The van der Waals surface area contributed by atoms with Crippen molar-refractivity contribution in [3.63, 3.8) is 0 Å². The van der Waals surface area contributed by atoms with Crippen molar-refractivity contribution in [2.45, 2.75) is 0 Å². The molecule has 1 radical (unpaired) electrons. The summed E-state index contributed by atoms with van der Waals surface area (Å²) < 4.78 is 10.7. The molecule has 0 spiro atoms. The lowest BCUT2D eigenvalue weighted by Gasteiger charge is -2.26. The molecule has 1 aliphatic rings. The Hall–Kier alpha value is -1.13. The molecule has 0 amide bonds. The van der Waals surface area contributed by atoms with E-state index in [1.54, 1.807) is 18.3 Å². The summed E-state index contributed by atoms with van der Waals surface area (Å²) in [5, 5.41) is 0. The molecule has 1 aliphatic heterocycles. The van der Waals surface area contributed by atoms with Crippen LogP contribution in [0.4, 0.5) is 0 Å². The molecule has 2 heterocycles. The maximum absolute atomic E-state index is 5.48. The lowest BCUT2D eigenvalue weighted by atomic mass is 10.4. The summed E-state index contributed by atoms with van der Waals surface area (Å²) in [7, 11) is 0. The van der Waals surface area contributed by atoms with E-state index in [1.807, 2.05) is 0 Å². The van der Waals surface area contributed by atoms with Crippen LogP contribution in [0.25, 0.3) is 0 Å². The number of rotatable bonds is 4. The highest BCUT2D eigenvalue weighted by molar-refractivity contribution is 5.07. The van der Waals surface area contributed by atoms with Gasteiger partial charge in [-0.1, -0.05) is 0 Å². The summed E-state index contributed by atoms with van der Waals surface area (Å²) in [6.07, 6.45) is 1.68. The molecule has 1 aromatic rings. The number of pyridine rings is 1. The van der Waals surface area contributed by atoms with Gasteiger partial charge in [-0.2, -0.15) is 0 Å². The second kappa shape index (κ2) is 5.68. The largest absolute Gasteiger partial charge is 0.476 e. The maximum atomic E-state index is 5.48. The fourth-order valence-electron chi connectivity index (χ4n) is 1.49.